The first-order valence-electron chi connectivity index (χ1n) is 7.19. The summed E-state index contributed by atoms with van der Waals surface area (Å²) in [6.45, 7) is 3.40. The number of rotatable bonds is 5. The average Bonchev–Trinajstić information content (AvgIpc) is 3.24. The van der Waals surface area contributed by atoms with Crippen LogP contribution in [0.5, 0.6) is 0 Å². The Morgan fingerprint density at radius 3 is 3.14 bits per heavy atom. The summed E-state index contributed by atoms with van der Waals surface area (Å²) in [4.78, 5) is 18.5. The lowest BCUT2D eigenvalue weighted by Gasteiger charge is -2.05. The van der Waals surface area contributed by atoms with Gasteiger partial charge in [-0.05, 0) is 31.4 Å². The SMILES string of the molecule is CCc1csc(CNC(=O)c2ccc(C3CCCO3)s2)n1. The topological polar surface area (TPSA) is 51.2 Å². The van der Waals surface area contributed by atoms with Crippen molar-refractivity contribution in [2.24, 2.45) is 0 Å². The number of nitrogens with one attached hydrogen (secondary N) is 1. The third-order valence-corrected chi connectivity index (χ3v) is 5.53. The average molecular weight is 322 g/mol. The number of nitrogens with zero attached hydrogens (tertiary/aromatic N) is 1. The second kappa shape index (κ2) is 6.68. The van der Waals surface area contributed by atoms with Crippen LogP contribution in [0, 0.1) is 0 Å². The smallest absolute Gasteiger partial charge is 0.261 e. The number of aromatic nitrogens is 1. The molecular weight excluding hydrogens is 304 g/mol. The van der Waals surface area contributed by atoms with Crippen LogP contribution >= 0.6 is 22.7 Å². The molecule has 2 aromatic heterocycles. The molecule has 1 aliphatic heterocycles. The lowest BCUT2D eigenvalue weighted by Crippen LogP contribution is -2.21. The minimum Gasteiger partial charge on any atom is -0.373 e. The van der Waals surface area contributed by atoms with E-state index >= 15 is 0 Å². The number of carbonyl (C=O) groups excluding carboxylic acids is 1. The number of amides is 1. The summed E-state index contributed by atoms with van der Waals surface area (Å²) in [6, 6.07) is 3.89. The fourth-order valence-corrected chi connectivity index (χ4v) is 4.11. The predicted molar refractivity (Wildman–Crippen MR) is 84.9 cm³/mol. The molecule has 1 atom stereocenters. The molecule has 0 aromatic carbocycles. The molecule has 1 amide bonds. The van der Waals surface area contributed by atoms with Crippen LogP contribution in [0.25, 0.3) is 0 Å². The maximum absolute atomic E-state index is 12.2. The third kappa shape index (κ3) is 3.51. The van der Waals surface area contributed by atoms with Crippen LogP contribution in [-0.2, 0) is 17.7 Å². The van der Waals surface area contributed by atoms with Gasteiger partial charge in [0.15, 0.2) is 0 Å². The van der Waals surface area contributed by atoms with Gasteiger partial charge in [0.05, 0.1) is 23.2 Å². The lowest BCUT2D eigenvalue weighted by atomic mass is 10.2. The van der Waals surface area contributed by atoms with Crippen LogP contribution < -0.4 is 5.32 Å². The van der Waals surface area contributed by atoms with Crippen LogP contribution in [0.4, 0.5) is 0 Å². The van der Waals surface area contributed by atoms with Crippen molar-refractivity contribution >= 4 is 28.6 Å². The zero-order valence-electron chi connectivity index (χ0n) is 11.9. The van der Waals surface area contributed by atoms with Gasteiger partial charge >= 0.3 is 0 Å². The fourth-order valence-electron chi connectivity index (χ4n) is 2.29. The van der Waals surface area contributed by atoms with Crippen LogP contribution in [-0.4, -0.2) is 17.5 Å². The second-order valence-corrected chi connectivity index (χ2v) is 7.03. The first-order valence-corrected chi connectivity index (χ1v) is 8.88. The van der Waals surface area contributed by atoms with Gasteiger partial charge in [-0.3, -0.25) is 4.79 Å². The largest absolute Gasteiger partial charge is 0.373 e. The highest BCUT2D eigenvalue weighted by Crippen LogP contribution is 2.33. The molecule has 6 heteroatoms. The summed E-state index contributed by atoms with van der Waals surface area (Å²) in [7, 11) is 0. The highest BCUT2D eigenvalue weighted by atomic mass is 32.1. The van der Waals surface area contributed by atoms with Crippen LogP contribution in [0.2, 0.25) is 0 Å². The molecule has 3 heterocycles. The molecule has 112 valence electrons. The van der Waals surface area contributed by atoms with Gasteiger partial charge in [-0.25, -0.2) is 4.98 Å². The van der Waals surface area contributed by atoms with Crippen LogP contribution in [0.3, 0.4) is 0 Å². The second-order valence-electron chi connectivity index (χ2n) is 4.97. The molecule has 1 N–H and O–H groups in total. The Morgan fingerprint density at radius 1 is 1.52 bits per heavy atom. The van der Waals surface area contributed by atoms with E-state index in [1.54, 1.807) is 11.3 Å². The Labute approximate surface area is 132 Å². The summed E-state index contributed by atoms with van der Waals surface area (Å²) in [5.41, 5.74) is 1.08. The summed E-state index contributed by atoms with van der Waals surface area (Å²) >= 11 is 3.12. The van der Waals surface area contributed by atoms with Gasteiger partial charge in [0.2, 0.25) is 0 Å². The number of hydrogen-bond acceptors (Lipinski definition) is 5. The zero-order valence-corrected chi connectivity index (χ0v) is 13.6. The zero-order chi connectivity index (χ0) is 14.7. The Morgan fingerprint density at radius 2 is 2.43 bits per heavy atom. The molecule has 0 spiro atoms. The Hall–Kier alpha value is -1.24. The normalized spacial score (nSPS) is 18.0. The molecule has 0 bridgehead atoms. The minimum atomic E-state index is -0.0301. The van der Waals surface area contributed by atoms with E-state index in [0.717, 1.165) is 46.3 Å². The molecule has 1 aliphatic rings. The number of hydrogen-bond donors (Lipinski definition) is 1. The molecule has 1 saturated heterocycles. The van der Waals surface area contributed by atoms with Crippen molar-refractivity contribution < 1.29 is 9.53 Å². The predicted octanol–water partition coefficient (Wildman–Crippen LogP) is 3.55. The molecule has 0 radical (unpaired) electrons. The quantitative estimate of drug-likeness (QED) is 0.916. The molecule has 1 unspecified atom stereocenters. The number of carbonyl (C=O) groups is 1. The number of aryl methyl sites for hydroxylation is 1. The first-order chi connectivity index (χ1) is 10.3. The summed E-state index contributed by atoms with van der Waals surface area (Å²) in [5.74, 6) is -0.0301. The van der Waals surface area contributed by atoms with Gasteiger partial charge in [-0.15, -0.1) is 22.7 Å². The van der Waals surface area contributed by atoms with Crippen molar-refractivity contribution in [1.82, 2.24) is 10.3 Å². The highest BCUT2D eigenvalue weighted by molar-refractivity contribution is 7.14. The van der Waals surface area contributed by atoms with Crippen molar-refractivity contribution in [3.8, 4) is 0 Å². The Bertz CT molecular complexity index is 615. The monoisotopic (exact) mass is 322 g/mol. The van der Waals surface area contributed by atoms with E-state index in [2.05, 4.69) is 17.2 Å². The van der Waals surface area contributed by atoms with E-state index in [9.17, 15) is 4.79 Å². The summed E-state index contributed by atoms with van der Waals surface area (Å²) in [5, 5.41) is 5.93. The maximum Gasteiger partial charge on any atom is 0.261 e. The van der Waals surface area contributed by atoms with Gasteiger partial charge in [-0.2, -0.15) is 0 Å². The highest BCUT2D eigenvalue weighted by Gasteiger charge is 2.20. The minimum absolute atomic E-state index is 0.0301. The molecule has 2 aromatic rings. The maximum atomic E-state index is 12.2. The molecule has 4 nitrogen and oxygen atoms in total. The Kier molecular flexibility index (Phi) is 4.67. The molecule has 1 fully saturated rings. The molecule has 0 aliphatic carbocycles. The van der Waals surface area contributed by atoms with E-state index in [0.29, 0.717) is 6.54 Å². The molecule has 21 heavy (non-hydrogen) atoms. The van der Waals surface area contributed by atoms with Crippen molar-refractivity contribution in [3.05, 3.63) is 38.0 Å². The van der Waals surface area contributed by atoms with Gasteiger partial charge in [0.25, 0.3) is 5.91 Å². The van der Waals surface area contributed by atoms with Crippen molar-refractivity contribution in [3.63, 3.8) is 0 Å². The van der Waals surface area contributed by atoms with E-state index in [1.165, 1.54) is 11.3 Å². The van der Waals surface area contributed by atoms with Gasteiger partial charge in [0, 0.05) is 16.9 Å². The molecule has 0 saturated carbocycles. The van der Waals surface area contributed by atoms with Crippen LogP contribution in [0.15, 0.2) is 17.5 Å². The summed E-state index contributed by atoms with van der Waals surface area (Å²) < 4.78 is 5.65. The van der Waals surface area contributed by atoms with Crippen molar-refractivity contribution in [2.75, 3.05) is 6.61 Å². The van der Waals surface area contributed by atoms with E-state index in [4.69, 9.17) is 4.74 Å². The first kappa shape index (κ1) is 14.7. The van der Waals surface area contributed by atoms with E-state index in [1.807, 2.05) is 17.5 Å². The number of ether oxygens (including phenoxy) is 1. The Balaban J connectivity index is 1.57. The molecule has 3 rings (SSSR count). The van der Waals surface area contributed by atoms with Gasteiger partial charge in [0.1, 0.15) is 5.01 Å². The number of thiazole rings is 1. The van der Waals surface area contributed by atoms with Crippen LogP contribution in [0.1, 0.15) is 51.1 Å². The van der Waals surface area contributed by atoms with Gasteiger partial charge < -0.3 is 10.1 Å². The number of thiophene rings is 1. The van der Waals surface area contributed by atoms with Gasteiger partial charge in [-0.1, -0.05) is 6.92 Å². The lowest BCUT2D eigenvalue weighted by molar-refractivity contribution is 0.0955. The summed E-state index contributed by atoms with van der Waals surface area (Å²) in [6.07, 6.45) is 3.27. The molecular formula is C15H18N2O2S2. The third-order valence-electron chi connectivity index (χ3n) is 3.46. The fraction of sp³-hybridized carbons (Fsp3) is 0.467. The standard InChI is InChI=1S/C15H18N2O2S2/c1-2-10-9-20-14(17-10)8-16-15(18)13-6-5-12(21-13)11-4-3-7-19-11/h5-6,9,11H,2-4,7-8H2,1H3,(H,16,18). The van der Waals surface area contributed by atoms with E-state index in [-0.39, 0.29) is 12.0 Å². The van der Waals surface area contributed by atoms with Crippen molar-refractivity contribution in [1.29, 1.82) is 0 Å². The van der Waals surface area contributed by atoms with E-state index < -0.39 is 0 Å². The van der Waals surface area contributed by atoms with Crippen molar-refractivity contribution in [2.45, 2.75) is 38.8 Å².